The molecule has 2 aliphatic rings. The Kier molecular flexibility index (Phi) is 10.5. The van der Waals surface area contributed by atoms with E-state index in [1.54, 1.807) is 0 Å². The number of aromatic carboxylic acids is 1. The molecule has 24 nitrogen and oxygen atoms in total. The first kappa shape index (κ1) is 36.4. The second-order valence-electron chi connectivity index (χ2n) is 10.2. The number of aliphatic hydroxyl groups excluding tert-OH is 3. The molecule has 0 saturated carbocycles. The number of phosphoric acid groups is 3. The highest BCUT2D eigenvalue weighted by molar-refractivity contribution is 7.61. The Hall–Kier alpha value is -2.86. The van der Waals surface area contributed by atoms with Crippen LogP contribution >= 0.6 is 23.5 Å². The highest BCUT2D eigenvalue weighted by Crippen LogP contribution is 2.61. The van der Waals surface area contributed by atoms with Crippen molar-refractivity contribution in [3.63, 3.8) is 0 Å². The molecular formula is C21H28N6O18P3+. The molecule has 2 saturated heterocycles. The number of hydrogen-bond donors (Lipinski definition) is 9. The van der Waals surface area contributed by atoms with Gasteiger partial charge in [-0.15, -0.1) is 0 Å². The van der Waals surface area contributed by atoms with E-state index in [0.29, 0.717) is 0 Å². The number of aliphatic hydroxyl groups is 3. The SMILES string of the molecule is Nc1ncnc2c1ncn2[C@@H]1O[C@H](COP(=O)(O)OP(=O)(O)OC[C@@H]2O[C@H]([n+]3cccc(C(=O)O)c3)[C@@H](O)[C@H]2O)[C@@H](O)[C@H]1OP(=O)(O)O. The number of phosphoric ester groups is 3. The Morgan fingerprint density at radius 3 is 2.23 bits per heavy atom. The van der Waals surface area contributed by atoms with Crippen LogP contribution in [0.5, 0.6) is 0 Å². The standard InChI is InChI=1S/C21H27N6O18P3/c22-17-12-18(24-7-23-17)27(8-25-12)20-16(44-46(33,34)35)14(29)11(43-20)6-41-48(38,39)45-47(36,37)40-5-10-13(28)15(30)19(42-10)26-3-1-2-9(4-26)21(31)32/h1-4,7-8,10-11,13-16,19-20,28-30H,5-6H2,(H6-,22,23,24,31,32,33,34,35,36,37,38,39)/p+1/t10-,11+,13-,14+,15-,16+,19-,20+/m0/s1. The lowest BCUT2D eigenvalue weighted by Crippen LogP contribution is -2.46. The van der Waals surface area contributed by atoms with E-state index in [-0.39, 0.29) is 22.5 Å². The van der Waals surface area contributed by atoms with Gasteiger partial charge >= 0.3 is 29.4 Å². The van der Waals surface area contributed by atoms with Crippen LogP contribution in [0, 0.1) is 0 Å². The summed E-state index contributed by atoms with van der Waals surface area (Å²) in [7, 11) is -16.3. The van der Waals surface area contributed by atoms with Crippen molar-refractivity contribution < 1.29 is 90.4 Å². The summed E-state index contributed by atoms with van der Waals surface area (Å²) >= 11 is 0. The third-order valence-corrected chi connectivity index (χ3v) is 10.1. The fourth-order valence-electron chi connectivity index (χ4n) is 4.81. The molecule has 2 fully saturated rings. The van der Waals surface area contributed by atoms with E-state index in [9.17, 15) is 58.5 Å². The molecule has 10 atom stereocenters. The average Bonchev–Trinajstić information content (AvgIpc) is 3.64. The van der Waals surface area contributed by atoms with Gasteiger partial charge in [0.05, 0.1) is 19.5 Å². The quantitative estimate of drug-likeness (QED) is 0.0656. The van der Waals surface area contributed by atoms with Crippen LogP contribution in [-0.4, -0.2) is 115 Å². The van der Waals surface area contributed by atoms with Gasteiger partial charge in [0.1, 0.15) is 47.9 Å². The summed E-state index contributed by atoms with van der Waals surface area (Å²) in [4.78, 5) is 61.9. The lowest BCUT2D eigenvalue weighted by atomic mass is 10.1. The van der Waals surface area contributed by atoms with Gasteiger partial charge in [-0.2, -0.15) is 8.88 Å². The first-order valence-electron chi connectivity index (χ1n) is 13.3. The number of pyridine rings is 1. The number of nitrogen functional groups attached to an aromatic ring is 1. The van der Waals surface area contributed by atoms with Crippen molar-refractivity contribution in [2.75, 3.05) is 18.9 Å². The number of aromatic nitrogens is 5. The smallest absolute Gasteiger partial charge is 0.477 e. The van der Waals surface area contributed by atoms with E-state index in [2.05, 4.69) is 32.8 Å². The molecule has 0 amide bonds. The molecule has 0 spiro atoms. The number of nitrogens with zero attached hydrogens (tertiary/aromatic N) is 5. The molecule has 3 aromatic heterocycles. The molecule has 2 aliphatic heterocycles. The van der Waals surface area contributed by atoms with Crippen molar-refractivity contribution >= 4 is 46.4 Å². The van der Waals surface area contributed by atoms with Crippen molar-refractivity contribution in [1.82, 2.24) is 19.5 Å². The van der Waals surface area contributed by atoms with Gasteiger partial charge in [-0.3, -0.25) is 18.1 Å². The number of carboxylic acids is 1. The summed E-state index contributed by atoms with van der Waals surface area (Å²) in [6.07, 6.45) is -8.76. The topological polar surface area (TPSA) is 359 Å². The normalized spacial score (nSPS) is 30.3. The van der Waals surface area contributed by atoms with Crippen LogP contribution in [0.1, 0.15) is 22.8 Å². The van der Waals surface area contributed by atoms with E-state index in [0.717, 1.165) is 28.0 Å². The van der Waals surface area contributed by atoms with E-state index in [1.807, 2.05) is 0 Å². The number of imidazole rings is 1. The Labute approximate surface area is 267 Å². The summed E-state index contributed by atoms with van der Waals surface area (Å²) in [6.45, 7) is -2.07. The highest BCUT2D eigenvalue weighted by Gasteiger charge is 2.51. The predicted octanol–water partition coefficient (Wildman–Crippen LogP) is -2.30. The van der Waals surface area contributed by atoms with Crippen LogP contribution in [0.25, 0.3) is 11.2 Å². The Balaban J connectivity index is 1.21. The molecule has 0 bridgehead atoms. The fraction of sp³-hybridized carbons (Fsp3) is 0.476. The molecule has 5 heterocycles. The first-order chi connectivity index (χ1) is 22.4. The molecular weight excluding hydrogens is 717 g/mol. The highest BCUT2D eigenvalue weighted by atomic mass is 31.3. The van der Waals surface area contributed by atoms with Crippen molar-refractivity contribution in [3.05, 3.63) is 42.7 Å². The minimum absolute atomic E-state index is 0.00214. The van der Waals surface area contributed by atoms with E-state index in [4.69, 9.17) is 15.2 Å². The largest absolute Gasteiger partial charge is 0.481 e. The number of ether oxygens (including phenoxy) is 2. The van der Waals surface area contributed by atoms with Crippen LogP contribution in [0.15, 0.2) is 37.2 Å². The van der Waals surface area contributed by atoms with Crippen LogP contribution in [0.3, 0.4) is 0 Å². The monoisotopic (exact) mass is 745 g/mol. The second kappa shape index (κ2) is 13.8. The third-order valence-electron chi connectivity index (χ3n) is 6.94. The van der Waals surface area contributed by atoms with Crippen LogP contribution in [-0.2, 0) is 41.1 Å². The number of anilines is 1. The Morgan fingerprint density at radius 1 is 0.958 bits per heavy atom. The molecule has 48 heavy (non-hydrogen) atoms. The van der Waals surface area contributed by atoms with Gasteiger partial charge in [0.15, 0.2) is 36.2 Å². The summed E-state index contributed by atoms with van der Waals surface area (Å²) in [5, 5.41) is 40.6. The lowest BCUT2D eigenvalue weighted by Gasteiger charge is -2.22. The summed E-state index contributed by atoms with van der Waals surface area (Å²) in [5.74, 6) is -1.35. The molecule has 264 valence electrons. The Morgan fingerprint density at radius 2 is 1.60 bits per heavy atom. The maximum absolute atomic E-state index is 12.6. The lowest BCUT2D eigenvalue weighted by molar-refractivity contribution is -0.765. The molecule has 27 heteroatoms. The van der Waals surface area contributed by atoms with Gasteiger partial charge in [0.2, 0.25) is 0 Å². The molecule has 10 N–H and O–H groups in total. The molecule has 0 radical (unpaired) electrons. The number of carbonyl (C=O) groups is 1. The van der Waals surface area contributed by atoms with Crippen molar-refractivity contribution in [3.8, 4) is 0 Å². The molecule has 2 unspecified atom stereocenters. The number of nitrogens with two attached hydrogens (primary N) is 1. The van der Waals surface area contributed by atoms with Gasteiger partial charge in [-0.1, -0.05) is 0 Å². The number of rotatable bonds is 13. The third kappa shape index (κ3) is 8.12. The summed E-state index contributed by atoms with van der Waals surface area (Å²) < 4.78 is 68.2. The van der Waals surface area contributed by atoms with Gasteiger partial charge in [-0.05, 0) is 6.07 Å². The predicted molar refractivity (Wildman–Crippen MR) is 149 cm³/mol. The fourth-order valence-corrected chi connectivity index (χ4v) is 7.45. The zero-order valence-electron chi connectivity index (χ0n) is 23.8. The zero-order chi connectivity index (χ0) is 35.2. The second-order valence-corrected chi connectivity index (χ2v) is 14.4. The molecule has 3 aromatic rings. The first-order valence-corrected chi connectivity index (χ1v) is 17.8. The number of hydrogen-bond acceptors (Lipinski definition) is 17. The van der Waals surface area contributed by atoms with Gasteiger partial charge in [0.25, 0.3) is 6.23 Å². The molecule has 0 aliphatic carbocycles. The van der Waals surface area contributed by atoms with E-state index < -0.39 is 91.7 Å². The van der Waals surface area contributed by atoms with Crippen molar-refractivity contribution in [2.45, 2.75) is 49.1 Å². The van der Waals surface area contributed by atoms with Gasteiger partial charge in [0, 0.05) is 6.07 Å². The number of fused-ring (bicyclic) bond motifs is 1. The van der Waals surface area contributed by atoms with Crippen LogP contribution < -0.4 is 10.3 Å². The minimum Gasteiger partial charge on any atom is -0.477 e. The summed E-state index contributed by atoms with van der Waals surface area (Å²) in [6, 6.07) is 2.58. The van der Waals surface area contributed by atoms with Gasteiger partial charge in [-0.25, -0.2) is 33.4 Å². The molecule has 0 aromatic carbocycles. The van der Waals surface area contributed by atoms with Gasteiger partial charge < -0.3 is 55.2 Å². The van der Waals surface area contributed by atoms with Crippen molar-refractivity contribution in [1.29, 1.82) is 0 Å². The maximum atomic E-state index is 12.6. The maximum Gasteiger partial charge on any atom is 0.481 e. The van der Waals surface area contributed by atoms with E-state index in [1.165, 1.54) is 18.3 Å². The van der Waals surface area contributed by atoms with Crippen molar-refractivity contribution in [2.24, 2.45) is 0 Å². The molecule has 5 rings (SSSR count). The number of carboxylic acid groups (broad SMARTS) is 1. The minimum atomic E-state index is -5.54. The zero-order valence-corrected chi connectivity index (χ0v) is 26.5. The Bertz CT molecular complexity index is 1810. The van der Waals surface area contributed by atoms with E-state index >= 15 is 0 Å². The van der Waals surface area contributed by atoms with Crippen LogP contribution in [0.2, 0.25) is 0 Å². The average molecular weight is 745 g/mol. The summed E-state index contributed by atoms with van der Waals surface area (Å²) in [5.41, 5.74) is 5.63. The van der Waals surface area contributed by atoms with Crippen LogP contribution in [0.4, 0.5) is 5.82 Å².